The first-order valence-electron chi connectivity index (χ1n) is 5.38. The van der Waals surface area contributed by atoms with Crippen LogP contribution in [-0.4, -0.2) is 33.0 Å². The van der Waals surface area contributed by atoms with Crippen LogP contribution in [0.3, 0.4) is 0 Å². The Balaban J connectivity index is 2.29. The third kappa shape index (κ3) is 2.50. The lowest BCUT2D eigenvalue weighted by atomic mass is 10.2. The summed E-state index contributed by atoms with van der Waals surface area (Å²) >= 11 is 6.10. The second-order valence-corrected chi connectivity index (χ2v) is 6.98. The SMILES string of the molecule is CN(c1c(N)cccc1Cl)C1CCS(=O)(=O)C1. The van der Waals surface area contributed by atoms with Crippen molar-refractivity contribution in [3.8, 4) is 0 Å². The quantitative estimate of drug-likeness (QED) is 0.831. The molecule has 2 rings (SSSR count). The molecule has 1 saturated heterocycles. The molecular weight excluding hydrogens is 260 g/mol. The van der Waals surface area contributed by atoms with Crippen molar-refractivity contribution in [3.63, 3.8) is 0 Å². The Labute approximate surface area is 106 Å². The lowest BCUT2D eigenvalue weighted by Crippen LogP contribution is -2.33. The largest absolute Gasteiger partial charge is 0.397 e. The molecule has 0 bridgehead atoms. The second-order valence-electron chi connectivity index (χ2n) is 4.35. The van der Waals surface area contributed by atoms with Crippen molar-refractivity contribution in [3.05, 3.63) is 23.2 Å². The molecule has 94 valence electrons. The zero-order valence-corrected chi connectivity index (χ0v) is 11.1. The number of nitrogen functional groups attached to an aromatic ring is 1. The molecular formula is C11H15ClN2O2S. The van der Waals surface area contributed by atoms with E-state index in [1.54, 1.807) is 18.2 Å². The molecule has 0 amide bonds. The molecule has 1 fully saturated rings. The zero-order valence-electron chi connectivity index (χ0n) is 9.56. The van der Waals surface area contributed by atoms with Crippen LogP contribution < -0.4 is 10.6 Å². The second kappa shape index (κ2) is 4.38. The fourth-order valence-electron chi connectivity index (χ4n) is 2.17. The summed E-state index contributed by atoms with van der Waals surface area (Å²) in [6.45, 7) is 0. The number of anilines is 2. The molecule has 1 aliphatic heterocycles. The molecule has 2 N–H and O–H groups in total. The lowest BCUT2D eigenvalue weighted by molar-refractivity contribution is 0.601. The highest BCUT2D eigenvalue weighted by Crippen LogP contribution is 2.34. The van der Waals surface area contributed by atoms with E-state index in [9.17, 15) is 8.42 Å². The summed E-state index contributed by atoms with van der Waals surface area (Å²) in [6.07, 6.45) is 0.628. The van der Waals surface area contributed by atoms with Gasteiger partial charge in [0.1, 0.15) is 0 Å². The van der Waals surface area contributed by atoms with E-state index in [1.165, 1.54) is 0 Å². The first-order valence-corrected chi connectivity index (χ1v) is 7.58. The van der Waals surface area contributed by atoms with Crippen molar-refractivity contribution in [2.75, 3.05) is 29.2 Å². The summed E-state index contributed by atoms with van der Waals surface area (Å²) in [5, 5.41) is 0.553. The van der Waals surface area contributed by atoms with Gasteiger partial charge in [-0.3, -0.25) is 0 Å². The van der Waals surface area contributed by atoms with E-state index in [-0.39, 0.29) is 17.5 Å². The highest BCUT2D eigenvalue weighted by molar-refractivity contribution is 7.91. The van der Waals surface area contributed by atoms with Gasteiger partial charge in [-0.25, -0.2) is 8.42 Å². The van der Waals surface area contributed by atoms with Gasteiger partial charge in [0.05, 0.1) is 27.9 Å². The molecule has 1 aliphatic rings. The number of hydrogen-bond donors (Lipinski definition) is 1. The summed E-state index contributed by atoms with van der Waals surface area (Å²) in [5.74, 6) is 0.417. The monoisotopic (exact) mass is 274 g/mol. The van der Waals surface area contributed by atoms with E-state index in [1.807, 2.05) is 11.9 Å². The summed E-state index contributed by atoms with van der Waals surface area (Å²) in [5.41, 5.74) is 7.17. The molecule has 0 saturated carbocycles. The van der Waals surface area contributed by atoms with Crippen LogP contribution in [0.1, 0.15) is 6.42 Å². The topological polar surface area (TPSA) is 63.4 Å². The molecule has 1 aromatic rings. The third-order valence-corrected chi connectivity index (χ3v) is 5.18. The van der Waals surface area contributed by atoms with E-state index in [0.717, 1.165) is 5.69 Å². The van der Waals surface area contributed by atoms with Crippen LogP contribution in [0.5, 0.6) is 0 Å². The Morgan fingerprint density at radius 1 is 1.47 bits per heavy atom. The average molecular weight is 275 g/mol. The maximum Gasteiger partial charge on any atom is 0.152 e. The molecule has 17 heavy (non-hydrogen) atoms. The van der Waals surface area contributed by atoms with Crippen LogP contribution in [0.4, 0.5) is 11.4 Å². The average Bonchev–Trinajstić information content (AvgIpc) is 2.58. The molecule has 6 heteroatoms. The number of benzene rings is 1. The van der Waals surface area contributed by atoms with Gasteiger partial charge in [0.2, 0.25) is 0 Å². The van der Waals surface area contributed by atoms with Crippen molar-refractivity contribution < 1.29 is 8.42 Å². The summed E-state index contributed by atoms with van der Waals surface area (Å²) < 4.78 is 22.9. The Morgan fingerprint density at radius 2 is 2.18 bits per heavy atom. The Kier molecular flexibility index (Phi) is 3.23. The number of para-hydroxylation sites is 1. The smallest absolute Gasteiger partial charge is 0.152 e. The maximum absolute atomic E-state index is 11.5. The molecule has 4 nitrogen and oxygen atoms in total. The van der Waals surface area contributed by atoms with Crippen molar-refractivity contribution in [1.82, 2.24) is 0 Å². The normalized spacial score (nSPS) is 22.6. The van der Waals surface area contributed by atoms with Crippen LogP contribution in [0.15, 0.2) is 18.2 Å². The van der Waals surface area contributed by atoms with Gasteiger partial charge >= 0.3 is 0 Å². The van der Waals surface area contributed by atoms with Crippen molar-refractivity contribution in [2.24, 2.45) is 0 Å². The van der Waals surface area contributed by atoms with E-state index in [4.69, 9.17) is 17.3 Å². The van der Waals surface area contributed by atoms with Crippen LogP contribution in [0, 0.1) is 0 Å². The van der Waals surface area contributed by atoms with Gasteiger partial charge in [0, 0.05) is 13.1 Å². The number of hydrogen-bond acceptors (Lipinski definition) is 4. The van der Waals surface area contributed by atoms with Gasteiger partial charge in [-0.05, 0) is 18.6 Å². The minimum Gasteiger partial charge on any atom is -0.397 e. The summed E-state index contributed by atoms with van der Waals surface area (Å²) in [7, 11) is -1.06. The number of halogens is 1. The fraction of sp³-hybridized carbons (Fsp3) is 0.455. The van der Waals surface area contributed by atoms with E-state index >= 15 is 0 Å². The minimum atomic E-state index is -2.90. The van der Waals surface area contributed by atoms with Crippen LogP contribution in [0.25, 0.3) is 0 Å². The van der Waals surface area contributed by atoms with Crippen LogP contribution >= 0.6 is 11.6 Å². The van der Waals surface area contributed by atoms with Gasteiger partial charge in [-0.15, -0.1) is 0 Å². The molecule has 1 unspecified atom stereocenters. The van der Waals surface area contributed by atoms with Gasteiger partial charge in [-0.1, -0.05) is 17.7 Å². The standard InChI is InChI=1S/C11H15ClN2O2S/c1-14(8-5-6-17(15,16)7-8)11-9(12)3-2-4-10(11)13/h2-4,8H,5-7,13H2,1H3. The first-order chi connectivity index (χ1) is 7.91. The molecule has 0 aromatic heterocycles. The van der Waals surface area contributed by atoms with Gasteiger partial charge in [-0.2, -0.15) is 0 Å². The summed E-state index contributed by atoms with van der Waals surface area (Å²) in [4.78, 5) is 1.88. The van der Waals surface area contributed by atoms with Gasteiger partial charge in [0.15, 0.2) is 9.84 Å². The third-order valence-electron chi connectivity index (χ3n) is 3.13. The number of rotatable bonds is 2. The molecule has 1 atom stereocenters. The predicted octanol–water partition coefficient (Wildman–Crippen LogP) is 1.55. The van der Waals surface area contributed by atoms with Crippen LogP contribution in [-0.2, 0) is 9.84 Å². The maximum atomic E-state index is 11.5. The molecule has 0 radical (unpaired) electrons. The first kappa shape index (κ1) is 12.5. The Bertz CT molecular complexity index is 510. The van der Waals surface area contributed by atoms with Crippen molar-refractivity contribution in [2.45, 2.75) is 12.5 Å². The Morgan fingerprint density at radius 3 is 2.71 bits per heavy atom. The highest BCUT2D eigenvalue weighted by Gasteiger charge is 2.31. The van der Waals surface area contributed by atoms with Crippen molar-refractivity contribution >= 4 is 32.8 Å². The van der Waals surface area contributed by atoms with Gasteiger partial charge in [0.25, 0.3) is 0 Å². The zero-order chi connectivity index (χ0) is 12.6. The van der Waals surface area contributed by atoms with Gasteiger partial charge < -0.3 is 10.6 Å². The number of nitrogens with zero attached hydrogens (tertiary/aromatic N) is 1. The molecule has 1 heterocycles. The Hall–Kier alpha value is -0.940. The molecule has 0 aliphatic carbocycles. The number of sulfone groups is 1. The lowest BCUT2D eigenvalue weighted by Gasteiger charge is -2.27. The predicted molar refractivity (Wildman–Crippen MR) is 71.3 cm³/mol. The highest BCUT2D eigenvalue weighted by atomic mass is 35.5. The minimum absolute atomic E-state index is 0.0396. The summed E-state index contributed by atoms with van der Waals surface area (Å²) in [6, 6.07) is 5.26. The molecule has 0 spiro atoms. The van der Waals surface area contributed by atoms with E-state index in [2.05, 4.69) is 0 Å². The van der Waals surface area contributed by atoms with Crippen LogP contribution in [0.2, 0.25) is 5.02 Å². The van der Waals surface area contributed by atoms with Crippen molar-refractivity contribution in [1.29, 1.82) is 0 Å². The fourth-order valence-corrected chi connectivity index (χ4v) is 4.26. The number of nitrogens with two attached hydrogens (primary N) is 1. The van der Waals surface area contributed by atoms with E-state index < -0.39 is 9.84 Å². The molecule has 1 aromatic carbocycles. The van der Waals surface area contributed by atoms with E-state index in [0.29, 0.717) is 17.1 Å².